The van der Waals surface area contributed by atoms with Crippen LogP contribution in [-0.2, 0) is 16.4 Å². The molecule has 0 radical (unpaired) electrons. The zero-order chi connectivity index (χ0) is 21.9. The van der Waals surface area contributed by atoms with E-state index in [4.69, 9.17) is 9.26 Å². The Bertz CT molecular complexity index is 1170. The SMILES string of the molecule is CCc1cc(C(=O)Nc2cnc(OC)c(S(=O)(=O)Nc3c(C)cccc3C)c2)no1. The Morgan fingerprint density at radius 1 is 1.20 bits per heavy atom. The van der Waals surface area contributed by atoms with E-state index in [0.717, 1.165) is 11.1 Å². The molecule has 1 aromatic carbocycles. The highest BCUT2D eigenvalue weighted by Crippen LogP contribution is 2.29. The summed E-state index contributed by atoms with van der Waals surface area (Å²) in [6, 6.07) is 8.25. The van der Waals surface area contributed by atoms with E-state index in [1.54, 1.807) is 26.0 Å². The summed E-state index contributed by atoms with van der Waals surface area (Å²) < 4.78 is 38.9. The van der Waals surface area contributed by atoms with E-state index in [2.05, 4.69) is 20.2 Å². The second-order valence-electron chi connectivity index (χ2n) is 6.59. The molecule has 9 nitrogen and oxygen atoms in total. The zero-order valence-corrected chi connectivity index (χ0v) is 17.8. The smallest absolute Gasteiger partial charge is 0.277 e. The van der Waals surface area contributed by atoms with Crippen LogP contribution in [0.1, 0.15) is 34.3 Å². The number of rotatable bonds is 7. The lowest BCUT2D eigenvalue weighted by atomic mass is 10.1. The van der Waals surface area contributed by atoms with E-state index in [1.807, 2.05) is 13.0 Å². The molecule has 1 amide bonds. The van der Waals surface area contributed by atoms with Gasteiger partial charge in [0.05, 0.1) is 24.7 Å². The monoisotopic (exact) mass is 430 g/mol. The molecule has 30 heavy (non-hydrogen) atoms. The highest BCUT2D eigenvalue weighted by Gasteiger charge is 2.24. The van der Waals surface area contributed by atoms with Crippen molar-refractivity contribution in [3.8, 4) is 5.88 Å². The largest absolute Gasteiger partial charge is 0.480 e. The van der Waals surface area contributed by atoms with Crippen LogP contribution in [0.15, 0.2) is 45.9 Å². The summed E-state index contributed by atoms with van der Waals surface area (Å²) in [6.07, 6.45) is 1.90. The van der Waals surface area contributed by atoms with E-state index in [9.17, 15) is 13.2 Å². The highest BCUT2D eigenvalue weighted by molar-refractivity contribution is 7.92. The lowest BCUT2D eigenvalue weighted by Crippen LogP contribution is -2.18. The maximum absolute atomic E-state index is 13.1. The molecule has 0 saturated heterocycles. The van der Waals surface area contributed by atoms with Crippen molar-refractivity contribution in [2.24, 2.45) is 0 Å². The van der Waals surface area contributed by atoms with Crippen LogP contribution < -0.4 is 14.8 Å². The Morgan fingerprint density at radius 2 is 1.90 bits per heavy atom. The number of anilines is 2. The first-order valence-corrected chi connectivity index (χ1v) is 10.6. The summed E-state index contributed by atoms with van der Waals surface area (Å²) in [4.78, 5) is 16.2. The second kappa shape index (κ2) is 8.54. The lowest BCUT2D eigenvalue weighted by Gasteiger charge is -2.15. The zero-order valence-electron chi connectivity index (χ0n) is 17.0. The van der Waals surface area contributed by atoms with E-state index in [1.165, 1.54) is 25.4 Å². The normalized spacial score (nSPS) is 11.2. The quantitative estimate of drug-likeness (QED) is 0.589. The van der Waals surface area contributed by atoms with Crippen molar-refractivity contribution in [1.29, 1.82) is 0 Å². The summed E-state index contributed by atoms with van der Waals surface area (Å²) in [5.74, 6) is -0.0769. The number of hydrogen-bond donors (Lipinski definition) is 2. The third-order valence-corrected chi connectivity index (χ3v) is 5.76. The predicted octanol–water partition coefficient (Wildman–Crippen LogP) is 3.31. The van der Waals surface area contributed by atoms with Gasteiger partial charge in [0, 0.05) is 12.5 Å². The first-order valence-electron chi connectivity index (χ1n) is 9.15. The highest BCUT2D eigenvalue weighted by atomic mass is 32.2. The van der Waals surface area contributed by atoms with E-state index in [-0.39, 0.29) is 22.2 Å². The number of sulfonamides is 1. The van der Waals surface area contributed by atoms with Gasteiger partial charge >= 0.3 is 0 Å². The number of amides is 1. The minimum Gasteiger partial charge on any atom is -0.480 e. The number of nitrogens with zero attached hydrogens (tertiary/aromatic N) is 2. The van der Waals surface area contributed by atoms with Crippen LogP contribution >= 0.6 is 0 Å². The summed E-state index contributed by atoms with van der Waals surface area (Å²) in [7, 11) is -2.73. The summed E-state index contributed by atoms with van der Waals surface area (Å²) in [5.41, 5.74) is 2.27. The average Bonchev–Trinajstić information content (AvgIpc) is 3.20. The van der Waals surface area contributed by atoms with Crippen molar-refractivity contribution >= 4 is 27.3 Å². The number of hydrogen-bond acceptors (Lipinski definition) is 7. The van der Waals surface area contributed by atoms with Gasteiger partial charge < -0.3 is 14.6 Å². The van der Waals surface area contributed by atoms with Gasteiger partial charge in [-0.05, 0) is 31.0 Å². The van der Waals surface area contributed by atoms with Crippen LogP contribution in [0.25, 0.3) is 0 Å². The van der Waals surface area contributed by atoms with Crippen molar-refractivity contribution in [3.05, 3.63) is 59.1 Å². The fourth-order valence-electron chi connectivity index (χ4n) is 2.79. The number of carbonyl (C=O) groups is 1. The number of ether oxygens (including phenoxy) is 1. The molecule has 0 fully saturated rings. The Kier molecular flexibility index (Phi) is 6.06. The molecule has 158 valence electrons. The molecule has 0 aliphatic carbocycles. The molecule has 3 aromatic rings. The first kappa shape index (κ1) is 21.3. The van der Waals surface area contributed by atoms with Crippen LogP contribution in [0, 0.1) is 13.8 Å². The van der Waals surface area contributed by atoms with Gasteiger partial charge in [-0.15, -0.1) is 0 Å². The molecule has 0 spiro atoms. The number of para-hydroxylation sites is 1. The number of nitrogens with one attached hydrogen (secondary N) is 2. The van der Waals surface area contributed by atoms with Gasteiger partial charge in [-0.3, -0.25) is 9.52 Å². The van der Waals surface area contributed by atoms with Crippen molar-refractivity contribution in [2.75, 3.05) is 17.1 Å². The van der Waals surface area contributed by atoms with Crippen LogP contribution in [0.2, 0.25) is 0 Å². The minimum absolute atomic E-state index is 0.0840. The number of aryl methyl sites for hydroxylation is 3. The molecule has 0 aliphatic rings. The number of carbonyl (C=O) groups excluding carboxylic acids is 1. The van der Waals surface area contributed by atoms with Gasteiger partial charge in [-0.2, -0.15) is 0 Å². The molecule has 0 saturated carbocycles. The summed E-state index contributed by atoms with van der Waals surface area (Å²) >= 11 is 0. The van der Waals surface area contributed by atoms with Crippen molar-refractivity contribution in [1.82, 2.24) is 10.1 Å². The molecule has 0 bridgehead atoms. The van der Waals surface area contributed by atoms with Crippen molar-refractivity contribution < 1.29 is 22.5 Å². The molecular weight excluding hydrogens is 408 g/mol. The Balaban J connectivity index is 1.93. The first-order chi connectivity index (χ1) is 14.2. The average molecular weight is 430 g/mol. The van der Waals surface area contributed by atoms with Crippen LogP contribution in [0.4, 0.5) is 11.4 Å². The topological polar surface area (TPSA) is 123 Å². The molecule has 10 heteroatoms. The number of aromatic nitrogens is 2. The fourth-order valence-corrected chi connectivity index (χ4v) is 4.14. The number of benzene rings is 1. The van der Waals surface area contributed by atoms with Gasteiger partial charge in [0.1, 0.15) is 5.76 Å². The standard InChI is InChI=1S/C20H22N4O5S/c1-5-15-10-16(23-29-15)19(25)22-14-9-17(20(28-4)21-11-14)30(26,27)24-18-12(2)7-6-8-13(18)3/h6-11,24H,5H2,1-4H3,(H,22,25). The van der Waals surface area contributed by atoms with E-state index < -0.39 is 15.9 Å². The molecule has 0 atom stereocenters. The van der Waals surface area contributed by atoms with Crippen molar-refractivity contribution in [2.45, 2.75) is 32.1 Å². The van der Waals surface area contributed by atoms with E-state index >= 15 is 0 Å². The Morgan fingerprint density at radius 3 is 2.50 bits per heavy atom. The molecular formula is C20H22N4O5S. The Labute approximate surface area is 174 Å². The third kappa shape index (κ3) is 4.43. The maximum atomic E-state index is 13.1. The Hall–Kier alpha value is -3.40. The number of pyridine rings is 1. The van der Waals surface area contributed by atoms with Gasteiger partial charge in [0.2, 0.25) is 5.88 Å². The summed E-state index contributed by atoms with van der Waals surface area (Å²) in [5, 5.41) is 6.27. The lowest BCUT2D eigenvalue weighted by molar-refractivity contribution is 0.101. The molecule has 2 aromatic heterocycles. The number of methoxy groups -OCH3 is 1. The van der Waals surface area contributed by atoms with Crippen LogP contribution in [0.3, 0.4) is 0 Å². The van der Waals surface area contributed by atoms with Gasteiger partial charge in [0.15, 0.2) is 10.6 Å². The molecule has 0 aliphatic heterocycles. The molecule has 2 heterocycles. The van der Waals surface area contributed by atoms with E-state index in [0.29, 0.717) is 17.9 Å². The molecule has 2 N–H and O–H groups in total. The summed E-state index contributed by atoms with van der Waals surface area (Å²) in [6.45, 7) is 5.48. The van der Waals surface area contributed by atoms with Crippen LogP contribution in [0.5, 0.6) is 5.88 Å². The molecule has 3 rings (SSSR count). The predicted molar refractivity (Wildman–Crippen MR) is 111 cm³/mol. The molecule has 0 unspecified atom stereocenters. The maximum Gasteiger partial charge on any atom is 0.277 e. The third-order valence-electron chi connectivity index (χ3n) is 4.42. The van der Waals surface area contributed by atoms with Gasteiger partial charge in [-0.1, -0.05) is 30.3 Å². The fraction of sp³-hybridized carbons (Fsp3) is 0.250. The second-order valence-corrected chi connectivity index (χ2v) is 8.24. The van der Waals surface area contributed by atoms with Gasteiger partial charge in [-0.25, -0.2) is 13.4 Å². The van der Waals surface area contributed by atoms with Gasteiger partial charge in [0.25, 0.3) is 15.9 Å². The van der Waals surface area contributed by atoms with Crippen LogP contribution in [-0.4, -0.2) is 31.6 Å². The minimum atomic E-state index is -4.05. The van der Waals surface area contributed by atoms with Crippen molar-refractivity contribution in [3.63, 3.8) is 0 Å².